The van der Waals surface area contributed by atoms with Gasteiger partial charge in [0.15, 0.2) is 5.82 Å². The van der Waals surface area contributed by atoms with Crippen molar-refractivity contribution in [2.24, 2.45) is 0 Å². The molecule has 110 valence electrons. The van der Waals surface area contributed by atoms with Gasteiger partial charge in [-0.05, 0) is 39.8 Å². The molecule has 0 atom stereocenters. The Morgan fingerprint density at radius 3 is 2.50 bits per heavy atom. The number of hydrogen-bond donors (Lipinski definition) is 1. The fourth-order valence-electron chi connectivity index (χ4n) is 2.69. The van der Waals surface area contributed by atoms with Crippen LogP contribution in [0.25, 0.3) is 11.0 Å². The molecule has 0 aliphatic carbocycles. The maximum atomic E-state index is 13.7. The third-order valence-electron chi connectivity index (χ3n) is 3.67. The minimum Gasteiger partial charge on any atom is -0.369 e. The lowest BCUT2D eigenvalue weighted by molar-refractivity contribution is 0.169. The molecule has 20 heavy (non-hydrogen) atoms. The van der Waals surface area contributed by atoms with Crippen molar-refractivity contribution in [3.63, 3.8) is 0 Å². The molecular formula is C15H23FN4. The van der Waals surface area contributed by atoms with E-state index in [2.05, 4.69) is 37.6 Å². The van der Waals surface area contributed by atoms with Gasteiger partial charge in [0, 0.05) is 25.2 Å². The first-order chi connectivity index (χ1) is 9.41. The summed E-state index contributed by atoms with van der Waals surface area (Å²) in [6.07, 6.45) is 0. The first-order valence-electron chi connectivity index (χ1n) is 7.07. The Morgan fingerprint density at radius 2 is 1.90 bits per heavy atom. The normalized spacial score (nSPS) is 12.2. The van der Waals surface area contributed by atoms with Gasteiger partial charge in [-0.15, -0.1) is 0 Å². The van der Waals surface area contributed by atoms with Crippen molar-refractivity contribution < 1.29 is 4.39 Å². The molecule has 0 saturated heterocycles. The van der Waals surface area contributed by atoms with E-state index in [1.165, 1.54) is 6.07 Å². The van der Waals surface area contributed by atoms with E-state index in [4.69, 9.17) is 5.73 Å². The average molecular weight is 278 g/mol. The summed E-state index contributed by atoms with van der Waals surface area (Å²) < 4.78 is 15.6. The average Bonchev–Trinajstić information content (AvgIpc) is 2.67. The second-order valence-electron chi connectivity index (χ2n) is 5.65. The van der Waals surface area contributed by atoms with Crippen LogP contribution in [0.15, 0.2) is 18.2 Å². The van der Waals surface area contributed by atoms with Gasteiger partial charge in [0.2, 0.25) is 5.95 Å². The lowest BCUT2D eigenvalue weighted by Crippen LogP contribution is -2.39. The molecule has 0 unspecified atom stereocenters. The summed E-state index contributed by atoms with van der Waals surface area (Å²) in [5.74, 6) is 0.0510. The quantitative estimate of drug-likeness (QED) is 0.915. The molecule has 4 nitrogen and oxygen atoms in total. The van der Waals surface area contributed by atoms with Crippen LogP contribution >= 0.6 is 0 Å². The number of nitrogens with zero attached hydrogens (tertiary/aromatic N) is 3. The zero-order chi connectivity index (χ0) is 14.9. The van der Waals surface area contributed by atoms with Crippen molar-refractivity contribution in [3.8, 4) is 0 Å². The number of rotatable bonds is 5. The van der Waals surface area contributed by atoms with Crippen LogP contribution in [0, 0.1) is 5.82 Å². The van der Waals surface area contributed by atoms with Crippen molar-refractivity contribution in [1.82, 2.24) is 14.5 Å². The highest BCUT2D eigenvalue weighted by molar-refractivity contribution is 5.78. The fraction of sp³-hybridized carbons (Fsp3) is 0.533. The predicted molar refractivity (Wildman–Crippen MR) is 81.1 cm³/mol. The Bertz CT molecular complexity index is 581. The SMILES string of the molecule is CC(C)N(CCn1c(N)nc2c(F)cccc21)C(C)C. The molecule has 1 aromatic heterocycles. The largest absolute Gasteiger partial charge is 0.369 e. The van der Waals surface area contributed by atoms with Crippen LogP contribution in [-0.4, -0.2) is 33.1 Å². The van der Waals surface area contributed by atoms with Crippen LogP contribution in [0.2, 0.25) is 0 Å². The summed E-state index contributed by atoms with van der Waals surface area (Å²) in [5, 5.41) is 0. The molecule has 1 aromatic carbocycles. The number of aromatic nitrogens is 2. The molecule has 2 rings (SSSR count). The molecule has 0 aliphatic rings. The van der Waals surface area contributed by atoms with Gasteiger partial charge in [0.1, 0.15) is 5.52 Å². The Hall–Kier alpha value is -1.62. The van der Waals surface area contributed by atoms with E-state index >= 15 is 0 Å². The van der Waals surface area contributed by atoms with E-state index in [-0.39, 0.29) is 5.82 Å². The highest BCUT2D eigenvalue weighted by Crippen LogP contribution is 2.20. The molecule has 0 amide bonds. The first-order valence-corrected chi connectivity index (χ1v) is 7.07. The van der Waals surface area contributed by atoms with Crippen LogP contribution in [0.3, 0.4) is 0 Å². The summed E-state index contributed by atoms with van der Waals surface area (Å²) in [5.41, 5.74) is 7.04. The number of fused-ring (bicyclic) bond motifs is 1. The number of hydrogen-bond acceptors (Lipinski definition) is 3. The minimum atomic E-state index is -0.322. The molecule has 0 spiro atoms. The van der Waals surface area contributed by atoms with Crippen LogP contribution in [0.5, 0.6) is 0 Å². The minimum absolute atomic E-state index is 0.322. The summed E-state index contributed by atoms with van der Waals surface area (Å²) in [6.45, 7) is 10.3. The molecular weight excluding hydrogens is 255 g/mol. The molecule has 2 N–H and O–H groups in total. The number of benzene rings is 1. The first kappa shape index (κ1) is 14.8. The predicted octanol–water partition coefficient (Wildman–Crippen LogP) is 2.88. The Morgan fingerprint density at radius 1 is 1.25 bits per heavy atom. The molecule has 0 aliphatic heterocycles. The molecule has 0 radical (unpaired) electrons. The van der Waals surface area contributed by atoms with E-state index in [0.717, 1.165) is 12.1 Å². The lowest BCUT2D eigenvalue weighted by Gasteiger charge is -2.30. The summed E-state index contributed by atoms with van der Waals surface area (Å²) >= 11 is 0. The van der Waals surface area contributed by atoms with E-state index in [1.54, 1.807) is 6.07 Å². The zero-order valence-electron chi connectivity index (χ0n) is 12.6. The van der Waals surface area contributed by atoms with Gasteiger partial charge < -0.3 is 10.3 Å². The number of para-hydroxylation sites is 1. The maximum Gasteiger partial charge on any atom is 0.201 e. The maximum absolute atomic E-state index is 13.7. The lowest BCUT2D eigenvalue weighted by atomic mass is 10.2. The highest BCUT2D eigenvalue weighted by Gasteiger charge is 2.16. The summed E-state index contributed by atoms with van der Waals surface area (Å²) in [7, 11) is 0. The molecule has 5 heteroatoms. The fourth-order valence-corrected chi connectivity index (χ4v) is 2.69. The van der Waals surface area contributed by atoms with Crippen LogP contribution in [0.1, 0.15) is 27.7 Å². The number of nitrogen functional groups attached to an aromatic ring is 1. The second-order valence-corrected chi connectivity index (χ2v) is 5.65. The third-order valence-corrected chi connectivity index (χ3v) is 3.67. The number of nitrogens with two attached hydrogens (primary N) is 1. The molecule has 0 saturated carbocycles. The smallest absolute Gasteiger partial charge is 0.201 e. The van der Waals surface area contributed by atoms with Crippen LogP contribution < -0.4 is 5.73 Å². The van der Waals surface area contributed by atoms with Gasteiger partial charge in [-0.25, -0.2) is 9.37 Å². The van der Waals surface area contributed by atoms with Crippen molar-refractivity contribution in [2.75, 3.05) is 12.3 Å². The molecule has 0 bridgehead atoms. The zero-order valence-corrected chi connectivity index (χ0v) is 12.6. The molecule has 2 aromatic rings. The van der Waals surface area contributed by atoms with Gasteiger partial charge in [0.05, 0.1) is 5.52 Å². The third kappa shape index (κ3) is 2.77. The number of anilines is 1. The highest BCUT2D eigenvalue weighted by atomic mass is 19.1. The van der Waals surface area contributed by atoms with Crippen molar-refractivity contribution in [1.29, 1.82) is 0 Å². The van der Waals surface area contributed by atoms with Gasteiger partial charge in [-0.1, -0.05) is 6.07 Å². The van der Waals surface area contributed by atoms with Gasteiger partial charge in [-0.2, -0.15) is 0 Å². The number of halogens is 1. The summed E-state index contributed by atoms with van der Waals surface area (Å²) in [4.78, 5) is 6.51. The van der Waals surface area contributed by atoms with E-state index in [9.17, 15) is 4.39 Å². The van der Waals surface area contributed by atoms with Gasteiger partial charge in [0.25, 0.3) is 0 Å². The standard InChI is InChI=1S/C15H23FN4/c1-10(2)19(11(3)4)8-9-20-13-7-5-6-12(16)14(13)18-15(20)17/h5-7,10-11H,8-9H2,1-4H3,(H2,17,18). The molecule has 0 fully saturated rings. The Labute approximate surface area is 119 Å². The molecule has 1 heterocycles. The van der Waals surface area contributed by atoms with Gasteiger partial charge in [-0.3, -0.25) is 4.90 Å². The van der Waals surface area contributed by atoms with Crippen LogP contribution in [-0.2, 0) is 6.54 Å². The van der Waals surface area contributed by atoms with Crippen molar-refractivity contribution in [2.45, 2.75) is 46.3 Å². The van der Waals surface area contributed by atoms with Gasteiger partial charge >= 0.3 is 0 Å². The van der Waals surface area contributed by atoms with Crippen LogP contribution in [0.4, 0.5) is 10.3 Å². The van der Waals surface area contributed by atoms with E-state index in [0.29, 0.717) is 30.1 Å². The Balaban J connectivity index is 2.26. The Kier molecular flexibility index (Phi) is 4.28. The van der Waals surface area contributed by atoms with Crippen molar-refractivity contribution in [3.05, 3.63) is 24.0 Å². The topological polar surface area (TPSA) is 47.1 Å². The van der Waals surface area contributed by atoms with Crippen molar-refractivity contribution >= 4 is 17.0 Å². The second kappa shape index (κ2) is 5.79. The summed E-state index contributed by atoms with van der Waals surface area (Å²) in [6, 6.07) is 5.88. The van der Waals surface area contributed by atoms with E-state index < -0.39 is 0 Å². The van der Waals surface area contributed by atoms with E-state index in [1.807, 2.05) is 10.6 Å². The monoisotopic (exact) mass is 278 g/mol. The number of imidazole rings is 1.